The van der Waals surface area contributed by atoms with Crippen molar-refractivity contribution in [2.45, 2.75) is 71.3 Å². The molecule has 2 fully saturated rings. The summed E-state index contributed by atoms with van der Waals surface area (Å²) in [7, 11) is 0. The number of nitrogens with zero attached hydrogens (tertiary/aromatic N) is 3. The maximum Gasteiger partial charge on any atom is 0.223 e. The van der Waals surface area contributed by atoms with Gasteiger partial charge in [-0.2, -0.15) is 0 Å². The summed E-state index contributed by atoms with van der Waals surface area (Å²) in [6.45, 7) is 4.99. The third kappa shape index (κ3) is 5.27. The van der Waals surface area contributed by atoms with Crippen LogP contribution in [-0.4, -0.2) is 28.8 Å². The van der Waals surface area contributed by atoms with E-state index in [0.29, 0.717) is 17.0 Å². The lowest BCUT2D eigenvalue weighted by atomic mass is 9.96. The molecule has 5 heteroatoms. The number of nitrogens with one attached hydrogen (secondary N) is 1. The first-order valence-corrected chi connectivity index (χ1v) is 10.0. The Morgan fingerprint density at radius 2 is 2.04 bits per heavy atom. The first-order valence-electron chi connectivity index (χ1n) is 9.66. The fourth-order valence-electron chi connectivity index (χ4n) is 3.48. The molecule has 2 aliphatic rings. The van der Waals surface area contributed by atoms with E-state index < -0.39 is 0 Å². The summed E-state index contributed by atoms with van der Waals surface area (Å²) in [4.78, 5) is 13.6. The molecule has 0 spiro atoms. The van der Waals surface area contributed by atoms with Crippen molar-refractivity contribution in [3.05, 3.63) is 22.5 Å². The largest absolute Gasteiger partial charge is 0.351 e. The van der Waals surface area contributed by atoms with Crippen molar-refractivity contribution in [3.63, 3.8) is 0 Å². The average molecular weight is 361 g/mol. The molecule has 2 saturated carbocycles. The minimum Gasteiger partial charge on any atom is -0.351 e. The summed E-state index contributed by atoms with van der Waals surface area (Å²) in [5.74, 6) is 1.51. The van der Waals surface area contributed by atoms with Gasteiger partial charge in [-0.15, -0.1) is 0 Å². The Bertz CT molecular complexity index is 643. The molecule has 1 heterocycles. The van der Waals surface area contributed by atoms with Gasteiger partial charge in [-0.25, -0.2) is 9.97 Å². The van der Waals surface area contributed by atoms with Crippen molar-refractivity contribution in [3.8, 4) is 0 Å². The fraction of sp³-hybridized carbons (Fsp3) is 0.650. The summed E-state index contributed by atoms with van der Waals surface area (Å²) in [6, 6.07) is 0.479. The van der Waals surface area contributed by atoms with Crippen molar-refractivity contribution in [1.82, 2.24) is 9.97 Å². The molecule has 0 atom stereocenters. The summed E-state index contributed by atoms with van der Waals surface area (Å²) < 4.78 is 0. The van der Waals surface area contributed by atoms with Crippen molar-refractivity contribution >= 4 is 29.3 Å². The topological polar surface area (TPSA) is 50.2 Å². The molecule has 0 amide bonds. The highest BCUT2D eigenvalue weighted by atomic mass is 35.5. The third-order valence-corrected chi connectivity index (χ3v) is 5.37. The van der Waals surface area contributed by atoms with E-state index >= 15 is 0 Å². The first kappa shape index (κ1) is 18.4. The molecular weight excluding hydrogens is 332 g/mol. The molecule has 0 radical (unpaired) electrons. The Hall–Kier alpha value is -1.42. The van der Waals surface area contributed by atoms with E-state index in [1.54, 1.807) is 6.20 Å². The molecule has 1 N–H and O–H groups in total. The highest BCUT2D eigenvalue weighted by Gasteiger charge is 2.23. The van der Waals surface area contributed by atoms with Gasteiger partial charge in [0.2, 0.25) is 5.95 Å². The maximum absolute atomic E-state index is 6.46. The molecule has 0 aromatic carbocycles. The van der Waals surface area contributed by atoms with Gasteiger partial charge in [-0.05, 0) is 51.9 Å². The van der Waals surface area contributed by atoms with E-state index in [1.165, 1.54) is 50.5 Å². The second-order valence-corrected chi connectivity index (χ2v) is 7.75. The molecule has 0 unspecified atom stereocenters. The molecule has 2 aliphatic carbocycles. The summed E-state index contributed by atoms with van der Waals surface area (Å²) in [5.41, 5.74) is 3.20. The predicted octanol–water partition coefficient (Wildman–Crippen LogP) is 5.54. The molecule has 25 heavy (non-hydrogen) atoms. The van der Waals surface area contributed by atoms with E-state index in [1.807, 2.05) is 13.1 Å². The van der Waals surface area contributed by atoms with Crippen LogP contribution in [0, 0.1) is 5.92 Å². The highest BCUT2D eigenvalue weighted by Crippen LogP contribution is 2.37. The number of anilines is 1. The van der Waals surface area contributed by atoms with Crippen LogP contribution in [0.3, 0.4) is 0 Å². The zero-order chi connectivity index (χ0) is 17.6. The normalized spacial score (nSPS) is 20.0. The number of aliphatic imine (C=N–C) groups is 1. The van der Waals surface area contributed by atoms with Crippen LogP contribution in [0.5, 0.6) is 0 Å². The smallest absolute Gasteiger partial charge is 0.223 e. The summed E-state index contributed by atoms with van der Waals surface area (Å²) in [5, 5.41) is 4.10. The SMILES string of the molecule is CCN=C/C(=C(\C)CC1CC1)c1nc(NC2CCCCC2)ncc1Cl. The molecule has 1 aromatic heterocycles. The number of hydrogen-bond donors (Lipinski definition) is 1. The molecule has 136 valence electrons. The van der Waals surface area contributed by atoms with Crippen LogP contribution >= 0.6 is 11.6 Å². The predicted molar refractivity (Wildman–Crippen MR) is 107 cm³/mol. The van der Waals surface area contributed by atoms with E-state index in [2.05, 4.69) is 22.2 Å². The minimum absolute atomic E-state index is 0.479. The van der Waals surface area contributed by atoms with E-state index in [0.717, 1.165) is 30.2 Å². The Kier molecular flexibility index (Phi) is 6.46. The quantitative estimate of drug-likeness (QED) is 0.649. The van der Waals surface area contributed by atoms with Crippen LogP contribution < -0.4 is 5.32 Å². The average Bonchev–Trinajstić information content (AvgIpc) is 3.42. The molecule has 3 rings (SSSR count). The Morgan fingerprint density at radius 3 is 2.72 bits per heavy atom. The number of rotatable bonds is 7. The minimum atomic E-state index is 0.479. The van der Waals surface area contributed by atoms with Crippen molar-refractivity contribution in [2.24, 2.45) is 10.9 Å². The number of hydrogen-bond acceptors (Lipinski definition) is 4. The third-order valence-electron chi connectivity index (χ3n) is 5.09. The molecular formula is C20H29ClN4. The monoisotopic (exact) mass is 360 g/mol. The zero-order valence-electron chi connectivity index (χ0n) is 15.4. The highest BCUT2D eigenvalue weighted by molar-refractivity contribution is 6.33. The van der Waals surface area contributed by atoms with Gasteiger partial charge in [0.05, 0.1) is 16.9 Å². The molecule has 0 aliphatic heterocycles. The molecule has 0 saturated heterocycles. The van der Waals surface area contributed by atoms with Crippen molar-refractivity contribution in [1.29, 1.82) is 0 Å². The fourth-order valence-corrected chi connectivity index (χ4v) is 3.67. The van der Waals surface area contributed by atoms with E-state index in [4.69, 9.17) is 16.6 Å². The lowest BCUT2D eigenvalue weighted by molar-refractivity contribution is 0.461. The standard InChI is InChI=1S/C20H29ClN4/c1-3-22-12-17(14(2)11-15-9-10-15)19-18(21)13-23-20(25-19)24-16-7-5-4-6-8-16/h12-13,15-16H,3-11H2,1-2H3,(H,23,24,25)/b17-14-,22-12?. The second-order valence-electron chi connectivity index (χ2n) is 7.34. The Labute approximate surface area is 156 Å². The molecule has 1 aromatic rings. The molecule has 4 nitrogen and oxygen atoms in total. The number of halogens is 1. The first-order chi connectivity index (χ1) is 12.2. The van der Waals surface area contributed by atoms with Crippen molar-refractivity contribution < 1.29 is 0 Å². The van der Waals surface area contributed by atoms with Crippen LogP contribution in [0.25, 0.3) is 5.57 Å². The van der Waals surface area contributed by atoms with Crippen LogP contribution in [0.4, 0.5) is 5.95 Å². The molecule has 0 bridgehead atoms. The lowest BCUT2D eigenvalue weighted by Gasteiger charge is -2.23. The van der Waals surface area contributed by atoms with E-state index in [9.17, 15) is 0 Å². The van der Waals surface area contributed by atoms with Gasteiger partial charge in [-0.1, -0.05) is 36.4 Å². The number of aromatic nitrogens is 2. The second kappa shape index (κ2) is 8.79. The lowest BCUT2D eigenvalue weighted by Crippen LogP contribution is -2.23. The van der Waals surface area contributed by atoms with Crippen molar-refractivity contribution in [2.75, 3.05) is 11.9 Å². The summed E-state index contributed by atoms with van der Waals surface area (Å²) in [6.07, 6.45) is 13.7. The van der Waals surface area contributed by atoms with Crippen LogP contribution in [0.15, 0.2) is 16.8 Å². The van der Waals surface area contributed by atoms with Gasteiger partial charge in [0.15, 0.2) is 0 Å². The van der Waals surface area contributed by atoms with Gasteiger partial charge in [0.1, 0.15) is 0 Å². The summed E-state index contributed by atoms with van der Waals surface area (Å²) >= 11 is 6.46. The van der Waals surface area contributed by atoms with Gasteiger partial charge in [0, 0.05) is 24.4 Å². The zero-order valence-corrected chi connectivity index (χ0v) is 16.1. The Morgan fingerprint density at radius 1 is 1.28 bits per heavy atom. The van der Waals surface area contributed by atoms with Crippen LogP contribution in [0.1, 0.15) is 70.9 Å². The van der Waals surface area contributed by atoms with Gasteiger partial charge in [-0.3, -0.25) is 4.99 Å². The van der Waals surface area contributed by atoms with Crippen LogP contribution in [-0.2, 0) is 0 Å². The Balaban J connectivity index is 1.85. The maximum atomic E-state index is 6.46. The van der Waals surface area contributed by atoms with E-state index in [-0.39, 0.29) is 0 Å². The number of allylic oxidation sites excluding steroid dienone is 2. The van der Waals surface area contributed by atoms with Gasteiger partial charge < -0.3 is 5.32 Å². The van der Waals surface area contributed by atoms with Gasteiger partial charge in [0.25, 0.3) is 0 Å². The van der Waals surface area contributed by atoms with Gasteiger partial charge >= 0.3 is 0 Å². The van der Waals surface area contributed by atoms with Crippen LogP contribution in [0.2, 0.25) is 5.02 Å².